The third-order valence-electron chi connectivity index (χ3n) is 4.87. The molecule has 9 nitrogen and oxygen atoms in total. The zero-order valence-electron chi connectivity index (χ0n) is 18.0. The molecule has 170 valence electrons. The van der Waals surface area contributed by atoms with E-state index >= 15 is 0 Å². The number of carbonyl (C=O) groups excluding carboxylic acids is 4. The predicted molar refractivity (Wildman–Crippen MR) is 123 cm³/mol. The van der Waals surface area contributed by atoms with Gasteiger partial charge < -0.3 is 25.7 Å². The zero-order chi connectivity index (χ0) is 23.8. The first-order valence-corrected chi connectivity index (χ1v) is 10.3. The van der Waals surface area contributed by atoms with E-state index in [-0.39, 0.29) is 36.4 Å². The molecule has 0 aliphatic heterocycles. The number of carbonyl (C=O) groups is 4. The number of furan rings is 1. The van der Waals surface area contributed by atoms with Gasteiger partial charge >= 0.3 is 0 Å². The maximum atomic E-state index is 12.8. The van der Waals surface area contributed by atoms with E-state index in [1.165, 1.54) is 18.4 Å². The summed E-state index contributed by atoms with van der Waals surface area (Å²) < 4.78 is 5.05. The van der Waals surface area contributed by atoms with Gasteiger partial charge in [-0.1, -0.05) is 0 Å². The summed E-state index contributed by atoms with van der Waals surface area (Å²) in [6.07, 6.45) is 1.52. The number of hydrogen-bond donors (Lipinski definition) is 3. The molecule has 0 unspecified atom stereocenters. The number of hydrogen-bond acceptors (Lipinski definition) is 5. The molecule has 33 heavy (non-hydrogen) atoms. The molecular formula is C24H24N4O5. The first-order valence-electron chi connectivity index (χ1n) is 10.3. The van der Waals surface area contributed by atoms with Crippen LogP contribution in [0.5, 0.6) is 0 Å². The Kier molecular flexibility index (Phi) is 7.59. The van der Waals surface area contributed by atoms with Crippen LogP contribution in [0.4, 0.5) is 11.4 Å². The van der Waals surface area contributed by atoms with Crippen LogP contribution in [-0.2, 0) is 4.79 Å². The van der Waals surface area contributed by atoms with Crippen LogP contribution in [0.2, 0.25) is 0 Å². The predicted octanol–water partition coefficient (Wildman–Crippen LogP) is 3.12. The molecule has 2 aromatic carbocycles. The first kappa shape index (κ1) is 23.3. The van der Waals surface area contributed by atoms with Crippen LogP contribution in [0.25, 0.3) is 0 Å². The molecule has 0 aliphatic carbocycles. The fraction of sp³-hybridized carbons (Fsp3) is 0.167. The molecular weight excluding hydrogens is 424 g/mol. The van der Waals surface area contributed by atoms with Crippen LogP contribution in [0, 0.1) is 0 Å². The van der Waals surface area contributed by atoms with Crippen LogP contribution in [0.15, 0.2) is 71.3 Å². The Bertz CT molecular complexity index is 1120. The lowest BCUT2D eigenvalue weighted by Gasteiger charge is -2.21. The normalized spacial score (nSPS) is 10.3. The Morgan fingerprint density at radius 3 is 2.03 bits per heavy atom. The third kappa shape index (κ3) is 6.30. The second-order valence-electron chi connectivity index (χ2n) is 7.13. The van der Waals surface area contributed by atoms with Gasteiger partial charge in [-0.25, -0.2) is 0 Å². The molecule has 0 bridgehead atoms. The molecule has 0 radical (unpaired) electrons. The summed E-state index contributed by atoms with van der Waals surface area (Å²) in [6, 6.07) is 15.9. The van der Waals surface area contributed by atoms with Crippen LogP contribution >= 0.6 is 0 Å². The number of benzene rings is 2. The van der Waals surface area contributed by atoms with Crippen molar-refractivity contribution in [2.75, 3.05) is 23.7 Å². The Morgan fingerprint density at radius 2 is 1.48 bits per heavy atom. The van der Waals surface area contributed by atoms with Gasteiger partial charge in [0, 0.05) is 42.0 Å². The van der Waals surface area contributed by atoms with Gasteiger partial charge in [-0.2, -0.15) is 0 Å². The molecule has 0 fully saturated rings. The lowest BCUT2D eigenvalue weighted by Crippen LogP contribution is -2.33. The molecule has 0 aliphatic rings. The maximum Gasteiger partial charge on any atom is 0.291 e. The summed E-state index contributed by atoms with van der Waals surface area (Å²) in [4.78, 5) is 49.8. The van der Waals surface area contributed by atoms with E-state index in [0.717, 1.165) is 0 Å². The van der Waals surface area contributed by atoms with E-state index in [1.807, 2.05) is 6.92 Å². The minimum absolute atomic E-state index is 0.106. The number of nitrogens with two attached hydrogens (primary N) is 1. The van der Waals surface area contributed by atoms with E-state index in [0.29, 0.717) is 29.0 Å². The van der Waals surface area contributed by atoms with Gasteiger partial charge in [0.25, 0.3) is 11.8 Å². The van der Waals surface area contributed by atoms with Crippen molar-refractivity contribution in [1.29, 1.82) is 0 Å². The highest BCUT2D eigenvalue weighted by atomic mass is 16.3. The Hall–Kier alpha value is -4.40. The largest absolute Gasteiger partial charge is 0.459 e. The topological polar surface area (TPSA) is 135 Å². The minimum atomic E-state index is -0.544. The van der Waals surface area contributed by atoms with Gasteiger partial charge in [0.05, 0.1) is 6.26 Å². The van der Waals surface area contributed by atoms with Crippen LogP contribution in [0.1, 0.15) is 44.6 Å². The Labute approximate surface area is 190 Å². The molecule has 3 rings (SSSR count). The first-order chi connectivity index (χ1) is 15.9. The van der Waals surface area contributed by atoms with Gasteiger partial charge in [0.1, 0.15) is 0 Å². The Balaban J connectivity index is 1.53. The van der Waals surface area contributed by atoms with Crippen molar-refractivity contribution < 1.29 is 23.6 Å². The summed E-state index contributed by atoms with van der Waals surface area (Å²) in [5.41, 5.74) is 7.05. The second-order valence-corrected chi connectivity index (χ2v) is 7.13. The number of primary amides is 1. The lowest BCUT2D eigenvalue weighted by atomic mass is 10.1. The molecule has 1 heterocycles. The van der Waals surface area contributed by atoms with Gasteiger partial charge in [-0.15, -0.1) is 0 Å². The van der Waals surface area contributed by atoms with E-state index in [4.69, 9.17) is 10.2 Å². The van der Waals surface area contributed by atoms with E-state index in [1.54, 1.807) is 53.4 Å². The highest BCUT2D eigenvalue weighted by Crippen LogP contribution is 2.14. The fourth-order valence-corrected chi connectivity index (χ4v) is 3.06. The van der Waals surface area contributed by atoms with Gasteiger partial charge in [0.2, 0.25) is 11.8 Å². The fourth-order valence-electron chi connectivity index (χ4n) is 3.06. The summed E-state index contributed by atoms with van der Waals surface area (Å²) in [6.45, 7) is 2.49. The zero-order valence-corrected chi connectivity index (χ0v) is 18.0. The third-order valence-corrected chi connectivity index (χ3v) is 4.87. The average molecular weight is 448 g/mol. The summed E-state index contributed by atoms with van der Waals surface area (Å²) in [5, 5.41) is 5.42. The molecule has 1 aromatic heterocycles. The minimum Gasteiger partial charge on any atom is -0.459 e. The average Bonchev–Trinajstić information content (AvgIpc) is 3.35. The van der Waals surface area contributed by atoms with E-state index < -0.39 is 5.91 Å². The number of amides is 4. The molecule has 3 aromatic rings. The van der Waals surface area contributed by atoms with Gasteiger partial charge in [-0.05, 0) is 67.6 Å². The smallest absolute Gasteiger partial charge is 0.291 e. The molecule has 0 saturated heterocycles. The van der Waals surface area contributed by atoms with E-state index in [2.05, 4.69) is 10.6 Å². The van der Waals surface area contributed by atoms with Crippen molar-refractivity contribution in [3.63, 3.8) is 0 Å². The van der Waals surface area contributed by atoms with Crippen molar-refractivity contribution in [3.8, 4) is 0 Å². The molecule has 4 amide bonds. The van der Waals surface area contributed by atoms with Crippen molar-refractivity contribution >= 4 is 35.0 Å². The standard InChI is InChI=1S/C24H24N4O5/c1-2-28(14-13-21(29)26-18-9-5-16(6-10-18)22(25)30)24(32)17-7-11-19(12-8-17)27-23(31)20-4-3-15-33-20/h3-12,15H,2,13-14H2,1H3,(H2,25,30)(H,26,29)(H,27,31). The van der Waals surface area contributed by atoms with Crippen molar-refractivity contribution in [3.05, 3.63) is 83.8 Å². The van der Waals surface area contributed by atoms with Crippen LogP contribution in [0.3, 0.4) is 0 Å². The lowest BCUT2D eigenvalue weighted by molar-refractivity contribution is -0.116. The highest BCUT2D eigenvalue weighted by molar-refractivity contribution is 6.02. The molecule has 0 spiro atoms. The molecule has 0 atom stereocenters. The quantitative estimate of drug-likeness (QED) is 0.462. The number of anilines is 2. The molecule has 0 saturated carbocycles. The summed E-state index contributed by atoms with van der Waals surface area (Å²) in [5.74, 6) is -1.22. The Morgan fingerprint density at radius 1 is 0.879 bits per heavy atom. The summed E-state index contributed by atoms with van der Waals surface area (Å²) in [7, 11) is 0. The SMILES string of the molecule is CCN(CCC(=O)Nc1ccc(C(N)=O)cc1)C(=O)c1ccc(NC(=O)c2ccco2)cc1. The highest BCUT2D eigenvalue weighted by Gasteiger charge is 2.16. The molecule has 9 heteroatoms. The number of nitrogens with zero attached hydrogens (tertiary/aromatic N) is 1. The van der Waals surface area contributed by atoms with E-state index in [9.17, 15) is 19.2 Å². The maximum absolute atomic E-state index is 12.8. The monoisotopic (exact) mass is 448 g/mol. The summed E-state index contributed by atoms with van der Waals surface area (Å²) >= 11 is 0. The number of nitrogens with one attached hydrogen (secondary N) is 2. The van der Waals surface area contributed by atoms with Crippen LogP contribution in [-0.4, -0.2) is 41.6 Å². The van der Waals surface area contributed by atoms with Crippen molar-refractivity contribution in [1.82, 2.24) is 4.90 Å². The van der Waals surface area contributed by atoms with Gasteiger partial charge in [-0.3, -0.25) is 19.2 Å². The second kappa shape index (κ2) is 10.8. The van der Waals surface area contributed by atoms with Crippen molar-refractivity contribution in [2.45, 2.75) is 13.3 Å². The number of rotatable bonds is 9. The molecule has 4 N–H and O–H groups in total. The van der Waals surface area contributed by atoms with Gasteiger partial charge in [0.15, 0.2) is 5.76 Å². The van der Waals surface area contributed by atoms with Crippen LogP contribution < -0.4 is 16.4 Å². The van der Waals surface area contributed by atoms with Crippen molar-refractivity contribution in [2.24, 2.45) is 5.73 Å².